The first-order valence-electron chi connectivity index (χ1n) is 21.4. The highest BCUT2D eigenvalue weighted by Gasteiger charge is 2.26. The number of rotatable bonds is 20. The van der Waals surface area contributed by atoms with E-state index in [1.54, 1.807) is 16.1 Å². The number of ether oxygens (including phenoxy) is 3. The summed E-state index contributed by atoms with van der Waals surface area (Å²) in [6.45, 7) is 18.6. The summed E-state index contributed by atoms with van der Waals surface area (Å²) in [5.41, 5.74) is 6.40. The molecule has 6 rings (SSSR count). The van der Waals surface area contributed by atoms with E-state index in [1.165, 1.54) is 11.1 Å². The molecule has 0 aliphatic rings. The lowest BCUT2D eigenvalue weighted by Gasteiger charge is -2.20. The molecular weight excluding hydrogens is 777 g/mol. The Morgan fingerprint density at radius 3 is 2.31 bits per heavy atom. The average Bonchev–Trinajstić information content (AvgIpc) is 3.98. The molecule has 61 heavy (non-hydrogen) atoms. The molecule has 0 spiro atoms. The van der Waals surface area contributed by atoms with Crippen molar-refractivity contribution in [3.05, 3.63) is 82.4 Å². The van der Waals surface area contributed by atoms with Gasteiger partial charge in [0, 0.05) is 30.6 Å². The molecule has 2 amide bonds. The van der Waals surface area contributed by atoms with Crippen LogP contribution < -0.4 is 20.1 Å². The van der Waals surface area contributed by atoms with Gasteiger partial charge in [-0.15, -0.1) is 19.9 Å². The molecule has 0 aliphatic carbocycles. The van der Waals surface area contributed by atoms with Crippen molar-refractivity contribution in [1.29, 1.82) is 0 Å². The zero-order chi connectivity index (χ0) is 44.1. The molecule has 4 aromatic heterocycles. The molecule has 3 atom stereocenters. The third-order valence-corrected chi connectivity index (χ3v) is 10.3. The summed E-state index contributed by atoms with van der Waals surface area (Å²) in [5, 5.41) is 24.5. The third-order valence-electron chi connectivity index (χ3n) is 10.3. The molecule has 0 saturated heterocycles. The van der Waals surface area contributed by atoms with Gasteiger partial charge in [-0.25, -0.2) is 9.50 Å². The number of nitrogens with one attached hydrogen (secondary N) is 4. The molecule has 0 fully saturated rings. The maximum Gasteiger partial charge on any atom is 0.308 e. The minimum Gasteiger partial charge on any atom is -0.480 e. The predicted molar refractivity (Wildman–Crippen MR) is 234 cm³/mol. The van der Waals surface area contributed by atoms with Crippen molar-refractivity contribution in [3.63, 3.8) is 0 Å². The molecule has 6 aromatic rings. The molecular formula is C45H62N10O6. The number of esters is 1. The lowest BCUT2D eigenvalue weighted by molar-refractivity contribution is -0.148. The van der Waals surface area contributed by atoms with Crippen molar-refractivity contribution in [1.82, 2.24) is 44.9 Å². The Kier molecular flexibility index (Phi) is 16.5. The van der Waals surface area contributed by atoms with Crippen LogP contribution in [0.15, 0.2) is 48.5 Å². The summed E-state index contributed by atoms with van der Waals surface area (Å²) < 4.78 is 20.7. The van der Waals surface area contributed by atoms with E-state index in [9.17, 15) is 14.4 Å². The molecule has 3 unspecified atom stereocenters. The predicted octanol–water partition coefficient (Wildman–Crippen LogP) is 8.08. The van der Waals surface area contributed by atoms with Crippen molar-refractivity contribution in [3.8, 4) is 17.2 Å². The normalized spacial score (nSPS) is 12.7. The van der Waals surface area contributed by atoms with E-state index in [4.69, 9.17) is 14.2 Å². The van der Waals surface area contributed by atoms with Gasteiger partial charge >= 0.3 is 5.97 Å². The molecule has 0 radical (unpaired) electrons. The Hall–Kier alpha value is -6.19. The minimum atomic E-state index is -0.534. The molecule has 4 N–H and O–H groups in total. The number of H-pyrrole nitrogens is 2. The fourth-order valence-corrected chi connectivity index (χ4v) is 6.68. The Morgan fingerprint density at radius 1 is 0.869 bits per heavy atom. The second-order valence-corrected chi connectivity index (χ2v) is 15.7. The zero-order valence-corrected chi connectivity index (χ0v) is 37.1. The number of fused-ring (bicyclic) bond motifs is 2. The highest BCUT2D eigenvalue weighted by atomic mass is 16.5. The molecule has 4 heterocycles. The van der Waals surface area contributed by atoms with Gasteiger partial charge in [0.1, 0.15) is 11.5 Å². The maximum atomic E-state index is 13.0. The SMILES string of the molecule is CCCCC(Oc1ccc(C)cc1C)C(=O)NCCc1nc2c(Oc3ccc(C)cc3)c(C)[nH]n2n1.CCCCOC(=O)C(C)CC(CC)C(=O)Nc1nnc2cc(C)[nH]n12. The van der Waals surface area contributed by atoms with Gasteiger partial charge in [-0.05, 0) is 90.5 Å². The first-order chi connectivity index (χ1) is 29.3. The topological polar surface area (TPSA) is 195 Å². The van der Waals surface area contributed by atoms with Crippen molar-refractivity contribution in [2.75, 3.05) is 18.5 Å². The summed E-state index contributed by atoms with van der Waals surface area (Å²) in [7, 11) is 0. The average molecular weight is 839 g/mol. The lowest BCUT2D eigenvalue weighted by atomic mass is 9.93. The Balaban J connectivity index is 0.000000247. The number of anilines is 1. The summed E-state index contributed by atoms with van der Waals surface area (Å²) in [5.74, 6) is 1.95. The van der Waals surface area contributed by atoms with Crippen LogP contribution in [0.5, 0.6) is 17.2 Å². The first-order valence-corrected chi connectivity index (χ1v) is 21.4. The molecule has 328 valence electrons. The van der Waals surface area contributed by atoms with E-state index in [0.29, 0.717) is 67.7 Å². The number of unbranched alkanes of at least 4 members (excludes halogenated alkanes) is 2. The van der Waals surface area contributed by atoms with E-state index in [1.807, 2.05) is 90.9 Å². The van der Waals surface area contributed by atoms with Crippen LogP contribution >= 0.6 is 0 Å². The number of aromatic nitrogens is 8. The van der Waals surface area contributed by atoms with E-state index >= 15 is 0 Å². The quantitative estimate of drug-likeness (QED) is 0.0431. The van der Waals surface area contributed by atoms with Crippen molar-refractivity contribution in [2.45, 2.75) is 120 Å². The summed E-state index contributed by atoms with van der Waals surface area (Å²) in [6.07, 6.45) is 5.45. The Morgan fingerprint density at radius 2 is 1.61 bits per heavy atom. The van der Waals surface area contributed by atoms with Gasteiger partial charge < -0.3 is 19.5 Å². The standard InChI is InChI=1S/C28H35N5O3.C17H27N5O3/c1-6-7-8-24(36-23-14-11-19(3)17-20(23)4)28(34)29-16-15-25-30-27-26(21(5)31-33(27)32-25)35-22-12-9-18(2)10-13-22;1-5-7-8-25-16(24)11(3)9-13(6-2)15(23)18-17-20-19-14-10-12(4)21-22(14)17/h9-14,17,24,31H,6-8,15-16H2,1-5H3,(H,29,34);10-11,13,21H,5-9H2,1-4H3,(H,18,20,23). The minimum absolute atomic E-state index is 0.118. The third kappa shape index (κ3) is 12.7. The summed E-state index contributed by atoms with van der Waals surface area (Å²) in [6, 6.07) is 15.7. The second-order valence-electron chi connectivity index (χ2n) is 15.7. The molecule has 16 heteroatoms. The highest BCUT2D eigenvalue weighted by Crippen LogP contribution is 2.29. The van der Waals surface area contributed by atoms with Crippen molar-refractivity contribution >= 4 is 35.0 Å². The lowest BCUT2D eigenvalue weighted by Crippen LogP contribution is -2.39. The van der Waals surface area contributed by atoms with Gasteiger partial charge in [0.15, 0.2) is 23.3 Å². The van der Waals surface area contributed by atoms with Gasteiger partial charge in [0.2, 0.25) is 11.6 Å². The zero-order valence-electron chi connectivity index (χ0n) is 37.1. The number of carbonyl (C=O) groups is 3. The molecule has 16 nitrogen and oxygen atoms in total. The Bertz CT molecular complexity index is 2360. The number of hydrogen-bond donors (Lipinski definition) is 4. The Labute approximate surface area is 357 Å². The second kappa shape index (κ2) is 21.9. The van der Waals surface area contributed by atoms with Crippen LogP contribution in [0.3, 0.4) is 0 Å². The summed E-state index contributed by atoms with van der Waals surface area (Å²) in [4.78, 5) is 42.2. The number of nitrogens with zero attached hydrogens (tertiary/aromatic N) is 6. The summed E-state index contributed by atoms with van der Waals surface area (Å²) >= 11 is 0. The fourth-order valence-electron chi connectivity index (χ4n) is 6.68. The van der Waals surface area contributed by atoms with Crippen LogP contribution in [0, 0.1) is 46.5 Å². The van der Waals surface area contributed by atoms with E-state index in [-0.39, 0.29) is 29.6 Å². The number of aryl methyl sites for hydroxylation is 5. The van der Waals surface area contributed by atoms with Crippen LogP contribution in [0.25, 0.3) is 11.3 Å². The monoisotopic (exact) mass is 838 g/mol. The number of hydrogen-bond acceptors (Lipinski definition) is 10. The molecule has 0 aliphatic heterocycles. The molecule has 0 saturated carbocycles. The number of amides is 2. The van der Waals surface area contributed by atoms with Crippen LogP contribution in [0.4, 0.5) is 5.95 Å². The van der Waals surface area contributed by atoms with Gasteiger partial charge in [0.25, 0.3) is 11.9 Å². The van der Waals surface area contributed by atoms with E-state index in [0.717, 1.165) is 54.1 Å². The van der Waals surface area contributed by atoms with Crippen LogP contribution in [0.2, 0.25) is 0 Å². The smallest absolute Gasteiger partial charge is 0.308 e. The number of benzene rings is 2. The van der Waals surface area contributed by atoms with Crippen molar-refractivity contribution < 1.29 is 28.6 Å². The van der Waals surface area contributed by atoms with Gasteiger partial charge in [-0.3, -0.25) is 29.9 Å². The van der Waals surface area contributed by atoms with Gasteiger partial charge in [-0.1, -0.05) is 75.9 Å². The van der Waals surface area contributed by atoms with E-state index in [2.05, 4.69) is 54.1 Å². The molecule has 0 bridgehead atoms. The molecule has 2 aromatic carbocycles. The highest BCUT2D eigenvalue weighted by molar-refractivity contribution is 5.91. The largest absolute Gasteiger partial charge is 0.480 e. The van der Waals surface area contributed by atoms with Gasteiger partial charge in [0.05, 0.1) is 18.2 Å². The van der Waals surface area contributed by atoms with Crippen LogP contribution in [0.1, 0.15) is 107 Å². The van der Waals surface area contributed by atoms with E-state index < -0.39 is 6.10 Å². The maximum absolute atomic E-state index is 13.0. The number of aromatic amines is 2. The number of carbonyl (C=O) groups excluding carboxylic acids is 3. The van der Waals surface area contributed by atoms with Crippen LogP contribution in [-0.4, -0.2) is 76.7 Å². The van der Waals surface area contributed by atoms with Crippen molar-refractivity contribution in [2.24, 2.45) is 11.8 Å². The van der Waals surface area contributed by atoms with Gasteiger partial charge in [-0.2, -0.15) is 0 Å². The van der Waals surface area contributed by atoms with Crippen LogP contribution in [-0.2, 0) is 25.5 Å². The fraction of sp³-hybridized carbons (Fsp3) is 0.489. The first kappa shape index (κ1) is 45.9.